The van der Waals surface area contributed by atoms with Crippen LogP contribution in [0, 0.1) is 0 Å². The Hall–Kier alpha value is -0.570. The first-order chi connectivity index (χ1) is 6.24. The third-order valence-corrected chi connectivity index (χ3v) is 2.42. The van der Waals surface area contributed by atoms with Crippen molar-refractivity contribution in [3.63, 3.8) is 0 Å². The molecule has 1 aliphatic rings. The molecule has 0 radical (unpaired) electrons. The van der Waals surface area contributed by atoms with E-state index in [4.69, 9.17) is 9.84 Å². The van der Waals surface area contributed by atoms with Crippen LogP contribution in [-0.4, -0.2) is 23.3 Å². The van der Waals surface area contributed by atoms with Gasteiger partial charge in [0.05, 0.1) is 0 Å². The summed E-state index contributed by atoms with van der Waals surface area (Å²) in [6, 6.07) is 0. The van der Waals surface area contributed by atoms with Crippen molar-refractivity contribution >= 4 is 5.97 Å². The molecule has 0 saturated carbocycles. The van der Waals surface area contributed by atoms with E-state index in [-0.39, 0.29) is 6.10 Å². The van der Waals surface area contributed by atoms with E-state index in [9.17, 15) is 4.79 Å². The van der Waals surface area contributed by atoms with Gasteiger partial charge in [0.2, 0.25) is 0 Å². The number of hydrogen-bond donors (Lipinski definition) is 1. The molecule has 0 bridgehead atoms. The molecule has 0 spiro atoms. The minimum absolute atomic E-state index is 0.0284. The average molecular weight is 186 g/mol. The molecule has 1 fully saturated rings. The molecule has 1 heterocycles. The lowest BCUT2D eigenvalue weighted by Gasteiger charge is -2.07. The summed E-state index contributed by atoms with van der Waals surface area (Å²) in [6.07, 6.45) is 5.25. The SMILES string of the molecule is CCCCCCC1CC(O)C(=O)O1. The van der Waals surface area contributed by atoms with Gasteiger partial charge in [-0.25, -0.2) is 4.79 Å². The normalized spacial score (nSPS) is 27.7. The molecule has 13 heavy (non-hydrogen) atoms. The van der Waals surface area contributed by atoms with Crippen LogP contribution < -0.4 is 0 Å². The van der Waals surface area contributed by atoms with Crippen molar-refractivity contribution in [2.45, 2.75) is 57.7 Å². The van der Waals surface area contributed by atoms with E-state index in [1.165, 1.54) is 19.3 Å². The second kappa shape index (κ2) is 5.22. The number of esters is 1. The molecule has 3 heteroatoms. The monoisotopic (exact) mass is 186 g/mol. The predicted molar refractivity (Wildman–Crippen MR) is 49.3 cm³/mol. The fraction of sp³-hybridized carbons (Fsp3) is 0.900. The summed E-state index contributed by atoms with van der Waals surface area (Å²) in [5.41, 5.74) is 0. The first kappa shape index (κ1) is 10.5. The molecule has 0 aromatic carbocycles. The van der Waals surface area contributed by atoms with Crippen molar-refractivity contribution in [1.29, 1.82) is 0 Å². The molecule has 0 aromatic rings. The van der Waals surface area contributed by atoms with Gasteiger partial charge in [-0.2, -0.15) is 0 Å². The van der Waals surface area contributed by atoms with Crippen LogP contribution >= 0.6 is 0 Å². The first-order valence-corrected chi connectivity index (χ1v) is 5.12. The summed E-state index contributed by atoms with van der Waals surface area (Å²) >= 11 is 0. The Balaban J connectivity index is 2.07. The van der Waals surface area contributed by atoms with Crippen molar-refractivity contribution in [3.05, 3.63) is 0 Å². The molecule has 2 atom stereocenters. The van der Waals surface area contributed by atoms with Crippen molar-refractivity contribution < 1.29 is 14.6 Å². The fourth-order valence-corrected chi connectivity index (χ4v) is 1.61. The zero-order valence-electron chi connectivity index (χ0n) is 8.16. The summed E-state index contributed by atoms with van der Waals surface area (Å²) in [5.74, 6) is -0.444. The topological polar surface area (TPSA) is 46.5 Å². The summed E-state index contributed by atoms with van der Waals surface area (Å²) < 4.78 is 4.96. The van der Waals surface area contributed by atoms with E-state index in [1.807, 2.05) is 0 Å². The highest BCUT2D eigenvalue weighted by atomic mass is 16.6. The smallest absolute Gasteiger partial charge is 0.335 e. The fourth-order valence-electron chi connectivity index (χ4n) is 1.61. The highest BCUT2D eigenvalue weighted by molar-refractivity contribution is 5.76. The van der Waals surface area contributed by atoms with Crippen molar-refractivity contribution in [3.8, 4) is 0 Å². The number of rotatable bonds is 5. The first-order valence-electron chi connectivity index (χ1n) is 5.12. The van der Waals surface area contributed by atoms with E-state index in [0.717, 1.165) is 12.8 Å². The molecule has 1 aliphatic heterocycles. The van der Waals surface area contributed by atoms with Gasteiger partial charge >= 0.3 is 5.97 Å². The average Bonchev–Trinajstić information content (AvgIpc) is 2.41. The van der Waals surface area contributed by atoms with Crippen LogP contribution in [0.2, 0.25) is 0 Å². The van der Waals surface area contributed by atoms with Crippen LogP contribution in [0.15, 0.2) is 0 Å². The van der Waals surface area contributed by atoms with Crippen LogP contribution in [0.4, 0.5) is 0 Å². The molecule has 0 aromatic heterocycles. The number of carbonyl (C=O) groups is 1. The minimum atomic E-state index is -0.865. The molecular formula is C10H18O3. The number of hydrogen-bond acceptors (Lipinski definition) is 3. The quantitative estimate of drug-likeness (QED) is 0.524. The Morgan fingerprint density at radius 1 is 1.46 bits per heavy atom. The Bertz CT molecular complexity index is 168. The van der Waals surface area contributed by atoms with Gasteiger partial charge in [-0.15, -0.1) is 0 Å². The molecule has 1 N–H and O–H groups in total. The number of aliphatic hydroxyl groups excluding tert-OH is 1. The van der Waals surface area contributed by atoms with Gasteiger partial charge in [-0.05, 0) is 12.8 Å². The van der Waals surface area contributed by atoms with Gasteiger partial charge in [0.15, 0.2) is 6.10 Å². The van der Waals surface area contributed by atoms with E-state index in [0.29, 0.717) is 6.42 Å². The number of aliphatic hydroxyl groups is 1. The molecular weight excluding hydrogens is 168 g/mol. The van der Waals surface area contributed by atoms with Gasteiger partial charge in [0.25, 0.3) is 0 Å². The summed E-state index contributed by atoms with van der Waals surface area (Å²) in [6.45, 7) is 2.17. The Morgan fingerprint density at radius 2 is 2.23 bits per heavy atom. The second-order valence-corrected chi connectivity index (χ2v) is 3.66. The lowest BCUT2D eigenvalue weighted by Crippen LogP contribution is -2.11. The van der Waals surface area contributed by atoms with E-state index >= 15 is 0 Å². The maximum Gasteiger partial charge on any atom is 0.335 e. The van der Waals surface area contributed by atoms with Crippen molar-refractivity contribution in [1.82, 2.24) is 0 Å². The zero-order chi connectivity index (χ0) is 9.68. The number of cyclic esters (lactones) is 1. The standard InChI is InChI=1S/C10H18O3/c1-2-3-4-5-6-8-7-9(11)10(12)13-8/h8-9,11H,2-7H2,1H3. The van der Waals surface area contributed by atoms with E-state index < -0.39 is 12.1 Å². The van der Waals surface area contributed by atoms with E-state index in [1.54, 1.807) is 0 Å². The predicted octanol–water partition coefficient (Wildman–Crippen LogP) is 1.63. The maximum atomic E-state index is 10.8. The molecule has 1 saturated heterocycles. The Labute approximate surface area is 79.1 Å². The number of ether oxygens (including phenoxy) is 1. The largest absolute Gasteiger partial charge is 0.460 e. The summed E-state index contributed by atoms with van der Waals surface area (Å²) in [4.78, 5) is 10.8. The lowest BCUT2D eigenvalue weighted by molar-refractivity contribution is -0.147. The van der Waals surface area contributed by atoms with Gasteiger partial charge in [-0.3, -0.25) is 0 Å². The summed E-state index contributed by atoms with van der Waals surface area (Å²) in [5, 5.41) is 9.10. The minimum Gasteiger partial charge on any atom is -0.460 e. The van der Waals surface area contributed by atoms with Gasteiger partial charge in [-0.1, -0.05) is 26.2 Å². The highest BCUT2D eigenvalue weighted by Gasteiger charge is 2.31. The van der Waals surface area contributed by atoms with Crippen LogP contribution in [-0.2, 0) is 9.53 Å². The molecule has 0 amide bonds. The number of unbranched alkanes of at least 4 members (excludes halogenated alkanes) is 3. The Morgan fingerprint density at radius 3 is 2.77 bits per heavy atom. The van der Waals surface area contributed by atoms with Gasteiger partial charge in [0, 0.05) is 6.42 Å². The maximum absolute atomic E-state index is 10.8. The van der Waals surface area contributed by atoms with Gasteiger partial charge < -0.3 is 9.84 Å². The van der Waals surface area contributed by atoms with Crippen LogP contribution in [0.25, 0.3) is 0 Å². The van der Waals surface area contributed by atoms with Crippen LogP contribution in [0.3, 0.4) is 0 Å². The third-order valence-electron chi connectivity index (χ3n) is 2.42. The lowest BCUT2D eigenvalue weighted by atomic mass is 10.1. The van der Waals surface area contributed by atoms with Crippen LogP contribution in [0.5, 0.6) is 0 Å². The molecule has 0 aliphatic carbocycles. The van der Waals surface area contributed by atoms with Crippen molar-refractivity contribution in [2.24, 2.45) is 0 Å². The third kappa shape index (κ3) is 3.35. The zero-order valence-corrected chi connectivity index (χ0v) is 8.16. The molecule has 3 nitrogen and oxygen atoms in total. The van der Waals surface area contributed by atoms with Gasteiger partial charge in [0.1, 0.15) is 6.10 Å². The molecule has 1 rings (SSSR count). The van der Waals surface area contributed by atoms with Crippen molar-refractivity contribution in [2.75, 3.05) is 0 Å². The highest BCUT2D eigenvalue weighted by Crippen LogP contribution is 2.20. The summed E-state index contributed by atoms with van der Waals surface area (Å²) in [7, 11) is 0. The van der Waals surface area contributed by atoms with Crippen LogP contribution in [0.1, 0.15) is 45.4 Å². The molecule has 2 unspecified atom stereocenters. The number of carbonyl (C=O) groups excluding carboxylic acids is 1. The molecule has 76 valence electrons. The Kier molecular flexibility index (Phi) is 4.22. The second-order valence-electron chi connectivity index (χ2n) is 3.66. The van der Waals surface area contributed by atoms with E-state index in [2.05, 4.69) is 6.92 Å².